The van der Waals surface area contributed by atoms with Gasteiger partial charge in [0.2, 0.25) is 0 Å². The molecule has 13 nitrogen and oxygen atoms in total. The minimum Gasteiger partial charge on any atom is -0.462 e. The van der Waals surface area contributed by atoms with Gasteiger partial charge in [-0.1, -0.05) is 154 Å². The highest BCUT2D eigenvalue weighted by Gasteiger charge is 2.51. The third-order valence-electron chi connectivity index (χ3n) is 10.6. The summed E-state index contributed by atoms with van der Waals surface area (Å²) >= 11 is 0. The van der Waals surface area contributed by atoms with Crippen molar-refractivity contribution >= 4 is 19.8 Å². The van der Waals surface area contributed by atoms with Gasteiger partial charge in [-0.05, 0) is 38.5 Å². The van der Waals surface area contributed by atoms with Gasteiger partial charge in [-0.15, -0.1) is 0 Å². The van der Waals surface area contributed by atoms with Gasteiger partial charge in [0.05, 0.1) is 6.61 Å². The monoisotopic (exact) mass is 837 g/mol. The number of aliphatic hydroxyl groups excluding tert-OH is 5. The molecule has 1 aliphatic carbocycles. The van der Waals surface area contributed by atoms with E-state index >= 15 is 0 Å². The molecule has 1 saturated carbocycles. The van der Waals surface area contributed by atoms with E-state index in [1.165, 1.54) is 103 Å². The van der Waals surface area contributed by atoms with Gasteiger partial charge in [0.1, 0.15) is 43.2 Å². The predicted octanol–water partition coefficient (Wildman–Crippen LogP) is 8.28. The third-order valence-corrected chi connectivity index (χ3v) is 11.6. The first-order chi connectivity index (χ1) is 27.4. The summed E-state index contributed by atoms with van der Waals surface area (Å²) in [5, 5.41) is 50.1. The van der Waals surface area contributed by atoms with Gasteiger partial charge >= 0.3 is 19.8 Å². The fourth-order valence-electron chi connectivity index (χ4n) is 6.93. The van der Waals surface area contributed by atoms with Crippen LogP contribution in [0.15, 0.2) is 12.2 Å². The Kier molecular flexibility index (Phi) is 32.3. The molecule has 1 aliphatic rings. The molecular formula is C43H81O13P. The van der Waals surface area contributed by atoms with E-state index in [-0.39, 0.29) is 12.8 Å². The number of allylic oxidation sites excluding steroid dienone is 2. The number of hydrogen-bond donors (Lipinski definition) is 6. The zero-order valence-corrected chi connectivity index (χ0v) is 36.3. The number of carbonyl (C=O) groups is 2. The molecule has 14 heteroatoms. The van der Waals surface area contributed by atoms with Crippen molar-refractivity contribution in [3.05, 3.63) is 12.2 Å². The molecule has 0 bridgehead atoms. The SMILES string of the molecule is CCCCCCCCC/C=C\CCCCCCC(=O)O[C@H](COC(=O)CCCCCCCCCCCCCCC)COP(=O)(O)OC1[C@H](O)[C@H](O)C(O)[C@H](O)[C@H]1O. The molecule has 0 aromatic carbocycles. The number of hydrogen-bond acceptors (Lipinski definition) is 12. The number of phosphoric ester groups is 1. The van der Waals surface area contributed by atoms with Crippen LogP contribution in [0.4, 0.5) is 0 Å². The first-order valence-electron chi connectivity index (χ1n) is 22.5. The van der Waals surface area contributed by atoms with Crippen molar-refractivity contribution < 1.29 is 63.1 Å². The first kappa shape index (κ1) is 53.6. The molecule has 0 amide bonds. The van der Waals surface area contributed by atoms with Crippen molar-refractivity contribution in [2.45, 2.75) is 236 Å². The maximum Gasteiger partial charge on any atom is 0.472 e. The molecule has 1 rings (SSSR count). The highest BCUT2D eigenvalue weighted by Crippen LogP contribution is 2.47. The Morgan fingerprint density at radius 3 is 1.33 bits per heavy atom. The molecule has 8 atom stereocenters. The zero-order valence-electron chi connectivity index (χ0n) is 35.4. The van der Waals surface area contributed by atoms with E-state index < -0.39 is 75.7 Å². The molecule has 3 unspecified atom stereocenters. The Balaban J connectivity index is 2.48. The topological polar surface area (TPSA) is 210 Å². The Morgan fingerprint density at radius 1 is 0.526 bits per heavy atom. The maximum absolute atomic E-state index is 12.8. The number of unbranched alkanes of at least 4 members (excludes halogenated alkanes) is 23. The van der Waals surface area contributed by atoms with Gasteiger partial charge in [-0.3, -0.25) is 18.6 Å². The van der Waals surface area contributed by atoms with Gasteiger partial charge < -0.3 is 39.9 Å². The Labute approximate surface area is 343 Å². The summed E-state index contributed by atoms with van der Waals surface area (Å²) in [6.07, 6.45) is 21.3. The molecule has 57 heavy (non-hydrogen) atoms. The smallest absolute Gasteiger partial charge is 0.462 e. The van der Waals surface area contributed by atoms with Crippen LogP contribution < -0.4 is 0 Å². The minimum absolute atomic E-state index is 0.0867. The maximum atomic E-state index is 12.8. The van der Waals surface area contributed by atoms with Crippen LogP contribution in [0.25, 0.3) is 0 Å². The fourth-order valence-corrected chi connectivity index (χ4v) is 7.90. The lowest BCUT2D eigenvalue weighted by Crippen LogP contribution is -2.64. The highest BCUT2D eigenvalue weighted by molar-refractivity contribution is 7.47. The Bertz CT molecular complexity index is 1060. The normalized spacial score (nSPS) is 22.7. The number of rotatable bonds is 37. The molecule has 0 aromatic heterocycles. The van der Waals surface area contributed by atoms with Crippen LogP contribution in [0.5, 0.6) is 0 Å². The third kappa shape index (κ3) is 27.1. The van der Waals surface area contributed by atoms with Crippen molar-refractivity contribution in [1.82, 2.24) is 0 Å². The van der Waals surface area contributed by atoms with Crippen LogP contribution in [-0.2, 0) is 32.7 Å². The second kappa shape index (κ2) is 34.3. The van der Waals surface area contributed by atoms with E-state index in [1.807, 2.05) is 0 Å². The molecule has 336 valence electrons. The summed E-state index contributed by atoms with van der Waals surface area (Å²) < 4.78 is 33.5. The standard InChI is InChI=1S/C43H81O13P/c1-3-5-7-9-11-13-15-17-18-20-22-24-26-28-30-32-37(45)55-35(34-54-57(51,52)56-43-41(49)39(47)38(46)40(48)42(43)50)33-53-36(44)31-29-27-25-23-21-19-16-14-12-10-8-6-4-2/h18,20,35,38-43,46-50H,3-17,19,21-34H2,1-2H3,(H,51,52)/b20-18-/t35-,38?,39-,40+,41-,42-,43?/m1/s1. The quantitative estimate of drug-likeness (QED) is 0.0151. The lowest BCUT2D eigenvalue weighted by Gasteiger charge is -2.41. The Morgan fingerprint density at radius 2 is 0.895 bits per heavy atom. The molecule has 0 aliphatic heterocycles. The second-order valence-corrected chi connectivity index (χ2v) is 17.3. The zero-order chi connectivity index (χ0) is 42.2. The van der Waals surface area contributed by atoms with Crippen LogP contribution in [0.1, 0.15) is 194 Å². The summed E-state index contributed by atoms with van der Waals surface area (Å²) in [6.45, 7) is 3.28. The molecule has 0 heterocycles. The fraction of sp³-hybridized carbons (Fsp3) is 0.907. The van der Waals surface area contributed by atoms with Crippen LogP contribution in [0.2, 0.25) is 0 Å². The first-order valence-corrected chi connectivity index (χ1v) is 24.0. The van der Waals surface area contributed by atoms with Crippen molar-refractivity contribution in [2.75, 3.05) is 13.2 Å². The van der Waals surface area contributed by atoms with E-state index in [9.17, 15) is 44.6 Å². The molecule has 0 aromatic rings. The average molecular weight is 837 g/mol. The second-order valence-electron chi connectivity index (χ2n) is 15.9. The van der Waals surface area contributed by atoms with E-state index in [4.69, 9.17) is 18.5 Å². The van der Waals surface area contributed by atoms with Crippen molar-refractivity contribution in [3.8, 4) is 0 Å². The van der Waals surface area contributed by atoms with Gasteiger partial charge in [-0.2, -0.15) is 0 Å². The van der Waals surface area contributed by atoms with E-state index in [0.29, 0.717) is 12.8 Å². The van der Waals surface area contributed by atoms with E-state index in [2.05, 4.69) is 26.0 Å². The van der Waals surface area contributed by atoms with E-state index in [1.54, 1.807) is 0 Å². The van der Waals surface area contributed by atoms with Gasteiger partial charge in [0.15, 0.2) is 6.10 Å². The summed E-state index contributed by atoms with van der Waals surface area (Å²) in [7, 11) is -5.11. The van der Waals surface area contributed by atoms with Gasteiger partial charge in [-0.25, -0.2) is 4.57 Å². The lowest BCUT2D eigenvalue weighted by molar-refractivity contribution is -0.220. The predicted molar refractivity (Wildman–Crippen MR) is 221 cm³/mol. The number of esters is 2. The molecule has 0 spiro atoms. The van der Waals surface area contributed by atoms with Crippen molar-refractivity contribution in [1.29, 1.82) is 0 Å². The van der Waals surface area contributed by atoms with Gasteiger partial charge in [0.25, 0.3) is 0 Å². The number of carbonyl (C=O) groups excluding carboxylic acids is 2. The van der Waals surface area contributed by atoms with Crippen LogP contribution in [0.3, 0.4) is 0 Å². The molecule has 0 radical (unpaired) electrons. The molecular weight excluding hydrogens is 755 g/mol. The summed E-state index contributed by atoms with van der Waals surface area (Å²) in [5.41, 5.74) is 0. The number of aliphatic hydroxyl groups is 5. The highest BCUT2D eigenvalue weighted by atomic mass is 31.2. The van der Waals surface area contributed by atoms with Crippen LogP contribution in [-0.4, -0.2) is 98.3 Å². The lowest BCUT2D eigenvalue weighted by atomic mass is 9.85. The molecule has 1 fully saturated rings. The number of phosphoric acid groups is 1. The minimum atomic E-state index is -5.11. The summed E-state index contributed by atoms with van der Waals surface area (Å²) in [4.78, 5) is 35.6. The summed E-state index contributed by atoms with van der Waals surface area (Å²) in [5.74, 6) is -1.10. The van der Waals surface area contributed by atoms with Gasteiger partial charge in [0, 0.05) is 12.8 Å². The van der Waals surface area contributed by atoms with Crippen molar-refractivity contribution in [2.24, 2.45) is 0 Å². The van der Waals surface area contributed by atoms with Crippen molar-refractivity contribution in [3.63, 3.8) is 0 Å². The summed E-state index contributed by atoms with van der Waals surface area (Å²) in [6, 6.07) is 0. The van der Waals surface area contributed by atoms with E-state index in [0.717, 1.165) is 51.4 Å². The molecule has 0 saturated heterocycles. The van der Waals surface area contributed by atoms with Crippen LogP contribution in [0, 0.1) is 0 Å². The molecule has 6 N–H and O–H groups in total. The largest absolute Gasteiger partial charge is 0.472 e. The Hall–Kier alpha value is -1.41. The van der Waals surface area contributed by atoms with Crippen LogP contribution >= 0.6 is 7.82 Å². The number of ether oxygens (including phenoxy) is 2. The average Bonchev–Trinajstić information content (AvgIpc) is 3.19.